The van der Waals surface area contributed by atoms with Crippen LogP contribution in [-0.2, 0) is 6.42 Å². The van der Waals surface area contributed by atoms with Crippen molar-refractivity contribution < 1.29 is 9.15 Å². The Bertz CT molecular complexity index is 699. The van der Waals surface area contributed by atoms with Crippen LogP contribution in [0.3, 0.4) is 0 Å². The van der Waals surface area contributed by atoms with E-state index in [9.17, 15) is 4.79 Å². The van der Waals surface area contributed by atoms with E-state index in [-0.39, 0.29) is 5.63 Å². The Hall–Kier alpha value is -1.77. The first-order valence-electron chi connectivity index (χ1n) is 6.49. The van der Waals surface area contributed by atoms with Gasteiger partial charge < -0.3 is 9.15 Å². The average molecular weight is 242 g/mol. The summed E-state index contributed by atoms with van der Waals surface area (Å²) in [5.41, 5.74) is 2.69. The SMILES string of the molecule is CCc1cc(=O)oc2cc3c(cc12)OC[C@@H]1CC31. The average Bonchev–Trinajstić information content (AvgIpc) is 3.15. The topological polar surface area (TPSA) is 39.4 Å². The molecule has 1 unspecified atom stereocenters. The van der Waals surface area contributed by atoms with Crippen LogP contribution in [-0.4, -0.2) is 6.61 Å². The van der Waals surface area contributed by atoms with Gasteiger partial charge in [0.15, 0.2) is 0 Å². The van der Waals surface area contributed by atoms with Crippen molar-refractivity contribution in [2.24, 2.45) is 5.92 Å². The van der Waals surface area contributed by atoms with Gasteiger partial charge in [0.1, 0.15) is 11.3 Å². The molecule has 3 nitrogen and oxygen atoms in total. The van der Waals surface area contributed by atoms with E-state index < -0.39 is 0 Å². The molecule has 1 aliphatic heterocycles. The van der Waals surface area contributed by atoms with E-state index in [4.69, 9.17) is 9.15 Å². The predicted molar refractivity (Wildman–Crippen MR) is 68.2 cm³/mol. The van der Waals surface area contributed by atoms with Gasteiger partial charge in [0.05, 0.1) is 6.61 Å². The molecular formula is C15H14O3. The van der Waals surface area contributed by atoms with Crippen molar-refractivity contribution in [1.82, 2.24) is 0 Å². The Balaban J connectivity index is 2.03. The smallest absolute Gasteiger partial charge is 0.336 e. The number of aryl methyl sites for hydroxylation is 1. The van der Waals surface area contributed by atoms with E-state index in [2.05, 4.69) is 0 Å². The first-order valence-corrected chi connectivity index (χ1v) is 6.49. The Morgan fingerprint density at radius 2 is 2.22 bits per heavy atom. The number of ether oxygens (including phenoxy) is 1. The van der Waals surface area contributed by atoms with Crippen LogP contribution in [0.5, 0.6) is 5.75 Å². The van der Waals surface area contributed by atoms with Gasteiger partial charge in [0.25, 0.3) is 0 Å². The molecule has 2 aromatic rings. The lowest BCUT2D eigenvalue weighted by atomic mass is 10.0. The lowest BCUT2D eigenvalue weighted by Crippen LogP contribution is -2.09. The zero-order chi connectivity index (χ0) is 12.3. The molecule has 2 heterocycles. The molecule has 1 aromatic carbocycles. The fourth-order valence-corrected chi connectivity index (χ4v) is 2.99. The largest absolute Gasteiger partial charge is 0.493 e. The van der Waals surface area contributed by atoms with Crippen LogP contribution < -0.4 is 10.4 Å². The van der Waals surface area contributed by atoms with Gasteiger partial charge in [-0.2, -0.15) is 0 Å². The highest BCUT2D eigenvalue weighted by Gasteiger charge is 2.44. The highest BCUT2D eigenvalue weighted by Crippen LogP contribution is 2.54. The predicted octanol–water partition coefficient (Wildman–Crippen LogP) is 2.85. The molecule has 1 aliphatic carbocycles. The third kappa shape index (κ3) is 1.33. The number of fused-ring (bicyclic) bond motifs is 4. The number of hydrogen-bond acceptors (Lipinski definition) is 3. The van der Waals surface area contributed by atoms with E-state index in [1.54, 1.807) is 6.07 Å². The standard InChI is InChI=1S/C15H14O3/c1-2-8-4-15(16)18-14-6-12-10-3-9(10)7-17-13(12)5-11(8)14/h4-6,9-10H,2-3,7H2,1H3/t9-,10?/m0/s1. The van der Waals surface area contributed by atoms with Crippen LogP contribution in [0, 0.1) is 5.92 Å². The van der Waals surface area contributed by atoms with Crippen molar-refractivity contribution in [3.05, 3.63) is 39.7 Å². The summed E-state index contributed by atoms with van der Waals surface area (Å²) in [6, 6.07) is 5.63. The lowest BCUT2D eigenvalue weighted by Gasteiger charge is -2.17. The molecule has 18 heavy (non-hydrogen) atoms. The molecule has 0 N–H and O–H groups in total. The third-order valence-corrected chi connectivity index (χ3v) is 4.12. The summed E-state index contributed by atoms with van der Waals surface area (Å²) >= 11 is 0. The lowest BCUT2D eigenvalue weighted by molar-refractivity contribution is 0.279. The maximum Gasteiger partial charge on any atom is 0.336 e. The number of benzene rings is 1. The van der Waals surface area contributed by atoms with Gasteiger partial charge in [0.2, 0.25) is 0 Å². The fourth-order valence-electron chi connectivity index (χ4n) is 2.99. The van der Waals surface area contributed by atoms with Gasteiger partial charge in [-0.3, -0.25) is 0 Å². The summed E-state index contributed by atoms with van der Waals surface area (Å²) in [7, 11) is 0. The van der Waals surface area contributed by atoms with E-state index in [1.165, 1.54) is 12.0 Å². The van der Waals surface area contributed by atoms with Gasteiger partial charge in [-0.25, -0.2) is 4.79 Å². The molecule has 0 saturated heterocycles. The van der Waals surface area contributed by atoms with E-state index >= 15 is 0 Å². The molecule has 2 atom stereocenters. The second-order valence-electron chi connectivity index (χ2n) is 5.24. The van der Waals surface area contributed by atoms with Gasteiger partial charge in [-0.15, -0.1) is 0 Å². The van der Waals surface area contributed by atoms with Crippen LogP contribution in [0.25, 0.3) is 11.0 Å². The Morgan fingerprint density at radius 1 is 1.33 bits per heavy atom. The molecule has 1 fully saturated rings. The third-order valence-electron chi connectivity index (χ3n) is 4.12. The van der Waals surface area contributed by atoms with Crippen LogP contribution >= 0.6 is 0 Å². The summed E-state index contributed by atoms with van der Waals surface area (Å²) in [5, 5.41) is 1.01. The van der Waals surface area contributed by atoms with Gasteiger partial charge in [-0.05, 0) is 36.5 Å². The molecule has 0 radical (unpaired) electrons. The van der Waals surface area contributed by atoms with E-state index in [0.29, 0.717) is 17.4 Å². The van der Waals surface area contributed by atoms with Crippen molar-refractivity contribution in [1.29, 1.82) is 0 Å². The van der Waals surface area contributed by atoms with Crippen molar-refractivity contribution >= 4 is 11.0 Å². The first kappa shape index (κ1) is 10.2. The monoisotopic (exact) mass is 242 g/mol. The summed E-state index contributed by atoms with van der Waals surface area (Å²) in [6.45, 7) is 2.88. The second kappa shape index (κ2) is 3.37. The van der Waals surface area contributed by atoms with Gasteiger partial charge in [-0.1, -0.05) is 6.92 Å². The molecule has 0 spiro atoms. The fraction of sp³-hybridized carbons (Fsp3) is 0.400. The van der Waals surface area contributed by atoms with Crippen LogP contribution in [0.2, 0.25) is 0 Å². The molecule has 92 valence electrons. The highest BCUT2D eigenvalue weighted by atomic mass is 16.5. The number of rotatable bonds is 1. The molecule has 2 aliphatic rings. The summed E-state index contributed by atoms with van der Waals surface area (Å²) in [4.78, 5) is 11.5. The van der Waals surface area contributed by atoms with Crippen molar-refractivity contribution in [2.75, 3.05) is 6.61 Å². The molecule has 4 rings (SSSR count). The quantitative estimate of drug-likeness (QED) is 0.722. The minimum absolute atomic E-state index is 0.261. The molecule has 1 aromatic heterocycles. The van der Waals surface area contributed by atoms with Gasteiger partial charge >= 0.3 is 5.63 Å². The Labute approximate surface area is 104 Å². The summed E-state index contributed by atoms with van der Waals surface area (Å²) < 4.78 is 11.1. The molecule has 3 heteroatoms. The van der Waals surface area contributed by atoms with Crippen LogP contribution in [0.4, 0.5) is 0 Å². The Kier molecular flexibility index (Phi) is 1.91. The van der Waals surface area contributed by atoms with Crippen molar-refractivity contribution in [3.8, 4) is 5.75 Å². The highest BCUT2D eigenvalue weighted by molar-refractivity contribution is 5.83. The summed E-state index contributed by atoms with van der Waals surface area (Å²) in [6.07, 6.45) is 2.03. The van der Waals surface area contributed by atoms with Crippen molar-refractivity contribution in [3.63, 3.8) is 0 Å². The first-order chi connectivity index (χ1) is 8.76. The van der Waals surface area contributed by atoms with Crippen LogP contribution in [0.1, 0.15) is 30.4 Å². The summed E-state index contributed by atoms with van der Waals surface area (Å²) in [5.74, 6) is 2.27. The zero-order valence-corrected chi connectivity index (χ0v) is 10.2. The maximum atomic E-state index is 11.5. The van der Waals surface area contributed by atoms with Crippen LogP contribution in [0.15, 0.2) is 27.4 Å². The second-order valence-corrected chi connectivity index (χ2v) is 5.24. The zero-order valence-electron chi connectivity index (χ0n) is 10.2. The molecule has 1 saturated carbocycles. The molecular weight excluding hydrogens is 228 g/mol. The Morgan fingerprint density at radius 3 is 3.06 bits per heavy atom. The minimum Gasteiger partial charge on any atom is -0.493 e. The molecule has 0 amide bonds. The van der Waals surface area contributed by atoms with Gasteiger partial charge in [0, 0.05) is 22.9 Å². The minimum atomic E-state index is -0.261. The normalized spacial score (nSPS) is 24.3. The van der Waals surface area contributed by atoms with Crippen molar-refractivity contribution in [2.45, 2.75) is 25.7 Å². The molecule has 0 bridgehead atoms. The number of hydrogen-bond donors (Lipinski definition) is 0. The maximum absolute atomic E-state index is 11.5. The van der Waals surface area contributed by atoms with E-state index in [1.807, 2.05) is 19.1 Å². The van der Waals surface area contributed by atoms with E-state index in [0.717, 1.165) is 29.7 Å².